The highest BCUT2D eigenvalue weighted by atomic mass is 16.6. The third-order valence-corrected chi connectivity index (χ3v) is 7.23. The molecule has 0 saturated carbocycles. The van der Waals surface area contributed by atoms with Crippen molar-refractivity contribution < 1.29 is 14.3 Å². The molecular weight excluding hydrogens is 418 g/mol. The van der Waals surface area contributed by atoms with Crippen molar-refractivity contribution in [1.29, 1.82) is 0 Å². The molecule has 2 saturated heterocycles. The van der Waals surface area contributed by atoms with E-state index in [2.05, 4.69) is 39.2 Å². The summed E-state index contributed by atoms with van der Waals surface area (Å²) in [6.07, 6.45) is 0. The number of carbonyl (C=O) groups excluding carboxylic acids is 1. The molecule has 176 valence electrons. The average Bonchev–Trinajstić information content (AvgIpc) is 3.14. The van der Waals surface area contributed by atoms with Crippen LogP contribution < -0.4 is 15.1 Å². The third kappa shape index (κ3) is 4.14. The van der Waals surface area contributed by atoms with Gasteiger partial charge in [-0.1, -0.05) is 24.3 Å². The van der Waals surface area contributed by atoms with Crippen molar-refractivity contribution in [2.75, 3.05) is 81.7 Å². The monoisotopic (exact) mass is 451 g/mol. The van der Waals surface area contributed by atoms with Gasteiger partial charge in [-0.3, -0.25) is 14.6 Å². The summed E-state index contributed by atoms with van der Waals surface area (Å²) in [5, 5.41) is 3.43. The van der Waals surface area contributed by atoms with E-state index in [1.165, 1.54) is 0 Å². The molecule has 0 spiro atoms. The number of piperazine rings is 1. The van der Waals surface area contributed by atoms with Crippen LogP contribution in [0.25, 0.3) is 0 Å². The minimum Gasteiger partial charge on any atom is -0.418 e. The van der Waals surface area contributed by atoms with Crippen LogP contribution in [0.3, 0.4) is 0 Å². The lowest BCUT2D eigenvalue weighted by Crippen LogP contribution is -2.54. The van der Waals surface area contributed by atoms with Gasteiger partial charge in [-0.15, -0.1) is 0 Å². The van der Waals surface area contributed by atoms with Gasteiger partial charge in [0.15, 0.2) is 0 Å². The average molecular weight is 452 g/mol. The van der Waals surface area contributed by atoms with Crippen molar-refractivity contribution in [3.63, 3.8) is 0 Å². The van der Waals surface area contributed by atoms with E-state index in [4.69, 9.17) is 9.47 Å². The van der Waals surface area contributed by atoms with E-state index in [0.717, 1.165) is 75.1 Å². The predicted molar refractivity (Wildman–Crippen MR) is 130 cm³/mol. The van der Waals surface area contributed by atoms with Gasteiger partial charge in [-0.25, -0.2) is 0 Å². The van der Waals surface area contributed by atoms with Crippen molar-refractivity contribution in [3.8, 4) is 0 Å². The molecule has 8 heteroatoms. The summed E-state index contributed by atoms with van der Waals surface area (Å²) >= 11 is 0. The standard InChI is InChI=1S/C25H33N5O3/c1-27-14-15-32-18-22(27)17-29-10-12-30(13-11-29)21-7-5-6-20(16-21)25(33-19-31)26-23-8-3-4-9-24(23)28(25)2/h3-9,16,19,22,26H,10-15,17-18H2,1-2H3. The number of ether oxygens (including phenoxy) is 2. The van der Waals surface area contributed by atoms with Crippen LogP contribution in [-0.4, -0.2) is 88.9 Å². The Kier molecular flexibility index (Phi) is 6.14. The van der Waals surface area contributed by atoms with Crippen LogP contribution in [-0.2, 0) is 20.1 Å². The Bertz CT molecular complexity index is 980. The maximum Gasteiger partial charge on any atom is 0.296 e. The lowest BCUT2D eigenvalue weighted by atomic mass is 10.1. The quantitative estimate of drug-likeness (QED) is 0.670. The molecule has 33 heavy (non-hydrogen) atoms. The van der Waals surface area contributed by atoms with Crippen LogP contribution >= 0.6 is 0 Å². The maximum atomic E-state index is 11.5. The van der Waals surface area contributed by atoms with Gasteiger partial charge in [0.05, 0.1) is 24.6 Å². The molecule has 3 aliphatic heterocycles. The molecule has 2 atom stereocenters. The highest BCUT2D eigenvalue weighted by Gasteiger charge is 2.45. The Balaban J connectivity index is 1.30. The van der Waals surface area contributed by atoms with E-state index in [0.29, 0.717) is 12.5 Å². The fourth-order valence-corrected chi connectivity index (χ4v) is 5.15. The van der Waals surface area contributed by atoms with Crippen molar-refractivity contribution in [2.45, 2.75) is 11.9 Å². The van der Waals surface area contributed by atoms with Crippen molar-refractivity contribution >= 4 is 23.5 Å². The number of hydrogen-bond acceptors (Lipinski definition) is 8. The molecule has 2 fully saturated rings. The van der Waals surface area contributed by atoms with Gasteiger partial charge in [0.2, 0.25) is 0 Å². The number of carbonyl (C=O) groups is 1. The number of hydrogen-bond donors (Lipinski definition) is 1. The summed E-state index contributed by atoms with van der Waals surface area (Å²) in [4.78, 5) is 20.9. The Hall–Kier alpha value is -2.81. The first-order chi connectivity index (χ1) is 16.1. The number of rotatable bonds is 6. The fourth-order valence-electron chi connectivity index (χ4n) is 5.15. The van der Waals surface area contributed by atoms with Gasteiger partial charge in [0.1, 0.15) is 0 Å². The van der Waals surface area contributed by atoms with E-state index in [-0.39, 0.29) is 0 Å². The number of likely N-dealkylation sites (N-methyl/N-ethyl adjacent to an activating group) is 1. The lowest BCUT2D eigenvalue weighted by Gasteiger charge is -2.41. The highest BCUT2D eigenvalue weighted by molar-refractivity contribution is 5.78. The van der Waals surface area contributed by atoms with Crippen molar-refractivity contribution in [2.24, 2.45) is 0 Å². The van der Waals surface area contributed by atoms with Crippen LogP contribution in [0.15, 0.2) is 48.5 Å². The van der Waals surface area contributed by atoms with Gasteiger partial charge in [-0.2, -0.15) is 0 Å². The second-order valence-corrected chi connectivity index (χ2v) is 9.11. The molecule has 0 amide bonds. The van der Waals surface area contributed by atoms with E-state index in [1.54, 1.807) is 0 Å². The second-order valence-electron chi connectivity index (χ2n) is 9.11. The van der Waals surface area contributed by atoms with Crippen LogP contribution in [0.1, 0.15) is 5.56 Å². The first kappa shape index (κ1) is 22.0. The number of para-hydroxylation sites is 2. The first-order valence-corrected chi connectivity index (χ1v) is 11.7. The number of fused-ring (bicyclic) bond motifs is 1. The Labute approximate surface area is 195 Å². The molecule has 8 nitrogen and oxygen atoms in total. The SMILES string of the molecule is CN1CCOCC1CN1CCN(c2cccc(C3(OC=O)Nc4ccccc4N3C)c2)CC1. The minimum absolute atomic E-state index is 0.472. The van der Waals surface area contributed by atoms with Gasteiger partial charge in [0, 0.05) is 63.6 Å². The summed E-state index contributed by atoms with van der Waals surface area (Å²) in [5.41, 5.74) is 3.98. The molecule has 5 rings (SSSR count). The summed E-state index contributed by atoms with van der Waals surface area (Å²) in [6, 6.07) is 16.8. The molecular formula is C25H33N5O3. The zero-order valence-electron chi connectivity index (χ0n) is 19.4. The molecule has 1 N–H and O–H groups in total. The molecule has 2 aromatic rings. The summed E-state index contributed by atoms with van der Waals surface area (Å²) < 4.78 is 11.4. The zero-order chi connectivity index (χ0) is 22.8. The zero-order valence-corrected chi connectivity index (χ0v) is 19.4. The molecule has 3 aliphatic rings. The maximum absolute atomic E-state index is 11.5. The Morgan fingerprint density at radius 2 is 1.91 bits per heavy atom. The van der Waals surface area contributed by atoms with Crippen molar-refractivity contribution in [3.05, 3.63) is 54.1 Å². The largest absolute Gasteiger partial charge is 0.418 e. The Morgan fingerprint density at radius 1 is 1.09 bits per heavy atom. The number of morpholine rings is 1. The lowest BCUT2D eigenvalue weighted by molar-refractivity contribution is -0.141. The molecule has 3 heterocycles. The Morgan fingerprint density at radius 3 is 2.67 bits per heavy atom. The van der Waals surface area contributed by atoms with E-state index >= 15 is 0 Å². The number of nitrogens with one attached hydrogen (secondary N) is 1. The number of benzene rings is 2. The number of nitrogens with zero attached hydrogens (tertiary/aromatic N) is 4. The topological polar surface area (TPSA) is 60.5 Å². The second kappa shape index (κ2) is 9.21. The van der Waals surface area contributed by atoms with Gasteiger partial charge in [0.25, 0.3) is 12.3 Å². The van der Waals surface area contributed by atoms with Gasteiger partial charge >= 0.3 is 0 Å². The molecule has 0 bridgehead atoms. The van der Waals surface area contributed by atoms with Gasteiger partial charge < -0.3 is 24.6 Å². The molecule has 0 radical (unpaired) electrons. The number of anilines is 3. The summed E-state index contributed by atoms with van der Waals surface area (Å²) in [6.45, 7) is 8.21. The fraction of sp³-hybridized carbons (Fsp3) is 0.480. The molecule has 2 unspecified atom stereocenters. The van der Waals surface area contributed by atoms with E-state index in [9.17, 15) is 4.79 Å². The van der Waals surface area contributed by atoms with E-state index < -0.39 is 5.85 Å². The first-order valence-electron chi connectivity index (χ1n) is 11.7. The van der Waals surface area contributed by atoms with E-state index in [1.807, 2.05) is 48.3 Å². The molecule has 2 aromatic carbocycles. The summed E-state index contributed by atoms with van der Waals surface area (Å²) in [5.74, 6) is -1.06. The predicted octanol–water partition coefficient (Wildman–Crippen LogP) is 1.98. The van der Waals surface area contributed by atoms with Crippen molar-refractivity contribution in [1.82, 2.24) is 9.80 Å². The summed E-state index contributed by atoms with van der Waals surface area (Å²) in [7, 11) is 4.14. The molecule has 0 aromatic heterocycles. The van der Waals surface area contributed by atoms with Crippen LogP contribution in [0.4, 0.5) is 17.1 Å². The van der Waals surface area contributed by atoms with Crippen LogP contribution in [0, 0.1) is 0 Å². The van der Waals surface area contributed by atoms with Crippen LogP contribution in [0.5, 0.6) is 0 Å². The minimum atomic E-state index is -1.06. The third-order valence-electron chi connectivity index (χ3n) is 7.23. The van der Waals surface area contributed by atoms with Crippen LogP contribution in [0.2, 0.25) is 0 Å². The highest BCUT2D eigenvalue weighted by Crippen LogP contribution is 2.45. The van der Waals surface area contributed by atoms with Gasteiger partial charge in [-0.05, 0) is 31.3 Å². The normalized spacial score (nSPS) is 26.1. The molecule has 0 aliphatic carbocycles. The smallest absolute Gasteiger partial charge is 0.296 e.